The summed E-state index contributed by atoms with van der Waals surface area (Å²) < 4.78 is 27.8. The molecule has 0 aliphatic heterocycles. The van der Waals surface area contributed by atoms with Crippen molar-refractivity contribution in [3.8, 4) is 0 Å². The monoisotopic (exact) mass is 290 g/mol. The third-order valence-electron chi connectivity index (χ3n) is 3.85. The fraction of sp³-hybridized carbons (Fsp3) is 0.333. The number of hydrogen-bond acceptors (Lipinski definition) is 3. The van der Waals surface area contributed by atoms with Crippen molar-refractivity contribution >= 4 is 26.5 Å². The Kier molecular flexibility index (Phi) is 3.18. The summed E-state index contributed by atoms with van der Waals surface area (Å²) in [5, 5.41) is 1.55. The van der Waals surface area contributed by atoms with Crippen molar-refractivity contribution in [1.82, 2.24) is 4.72 Å². The van der Waals surface area contributed by atoms with Crippen LogP contribution in [-0.4, -0.2) is 14.5 Å². The molecule has 5 heteroatoms. The molecule has 1 aliphatic rings. The molecule has 0 aromatic heterocycles. The molecule has 0 spiro atoms. The van der Waals surface area contributed by atoms with Crippen molar-refractivity contribution in [2.45, 2.75) is 30.7 Å². The first kappa shape index (κ1) is 13.4. The lowest BCUT2D eigenvalue weighted by molar-refractivity contribution is 0.270. The van der Waals surface area contributed by atoms with Crippen LogP contribution in [-0.2, 0) is 10.0 Å². The van der Waals surface area contributed by atoms with Gasteiger partial charge in [0.2, 0.25) is 10.0 Å². The van der Waals surface area contributed by atoms with E-state index >= 15 is 0 Å². The zero-order valence-electron chi connectivity index (χ0n) is 11.3. The molecule has 0 saturated heterocycles. The molecule has 3 rings (SSSR count). The summed E-state index contributed by atoms with van der Waals surface area (Å²) in [6.45, 7) is 2.13. The molecule has 0 radical (unpaired) electrons. The van der Waals surface area contributed by atoms with Gasteiger partial charge in [0, 0.05) is 17.1 Å². The highest BCUT2D eigenvalue weighted by Crippen LogP contribution is 2.30. The fourth-order valence-electron chi connectivity index (χ4n) is 2.79. The molecule has 106 valence electrons. The first-order valence-electron chi connectivity index (χ1n) is 6.76. The number of nitrogens with one attached hydrogen (secondary N) is 1. The molecule has 1 aliphatic carbocycles. The molecule has 0 amide bonds. The number of nitrogens with two attached hydrogens (primary N) is 1. The third-order valence-corrected chi connectivity index (χ3v) is 5.43. The predicted molar refractivity (Wildman–Crippen MR) is 80.9 cm³/mol. The SMILES string of the molecule is CC1CC(NS(=O)(=O)c2cccc3cc(N)ccc23)C1. The molecule has 4 nitrogen and oxygen atoms in total. The maximum atomic E-state index is 12.5. The smallest absolute Gasteiger partial charge is 0.241 e. The number of hydrogen-bond donors (Lipinski definition) is 2. The van der Waals surface area contributed by atoms with Gasteiger partial charge in [-0.05, 0) is 42.3 Å². The average Bonchev–Trinajstić information content (AvgIpc) is 2.35. The highest BCUT2D eigenvalue weighted by molar-refractivity contribution is 7.89. The van der Waals surface area contributed by atoms with Crippen molar-refractivity contribution in [1.29, 1.82) is 0 Å². The number of rotatable bonds is 3. The van der Waals surface area contributed by atoms with Crippen molar-refractivity contribution in [3.63, 3.8) is 0 Å². The molecule has 1 saturated carbocycles. The van der Waals surface area contributed by atoms with Gasteiger partial charge in [0.25, 0.3) is 0 Å². The van der Waals surface area contributed by atoms with Gasteiger partial charge in [0.1, 0.15) is 0 Å². The lowest BCUT2D eigenvalue weighted by Gasteiger charge is -2.33. The van der Waals surface area contributed by atoms with Gasteiger partial charge in [-0.3, -0.25) is 0 Å². The second-order valence-corrected chi connectivity index (χ2v) is 7.31. The van der Waals surface area contributed by atoms with E-state index in [0.717, 1.165) is 18.2 Å². The summed E-state index contributed by atoms with van der Waals surface area (Å²) in [6, 6.07) is 10.6. The Balaban J connectivity index is 2.00. The van der Waals surface area contributed by atoms with Crippen LogP contribution in [0.1, 0.15) is 19.8 Å². The second kappa shape index (κ2) is 4.75. The topological polar surface area (TPSA) is 72.2 Å². The summed E-state index contributed by atoms with van der Waals surface area (Å²) >= 11 is 0. The summed E-state index contributed by atoms with van der Waals surface area (Å²) in [4.78, 5) is 0.328. The number of fused-ring (bicyclic) bond motifs is 1. The maximum absolute atomic E-state index is 12.5. The molecule has 2 aromatic rings. The van der Waals surface area contributed by atoms with Gasteiger partial charge in [-0.1, -0.05) is 25.1 Å². The zero-order chi connectivity index (χ0) is 14.3. The number of benzene rings is 2. The molecule has 0 unspecified atom stereocenters. The zero-order valence-corrected chi connectivity index (χ0v) is 12.2. The van der Waals surface area contributed by atoms with Crippen LogP contribution < -0.4 is 10.5 Å². The third kappa shape index (κ3) is 2.39. The van der Waals surface area contributed by atoms with Crippen LogP contribution in [0.15, 0.2) is 41.3 Å². The van der Waals surface area contributed by atoms with Gasteiger partial charge in [-0.25, -0.2) is 13.1 Å². The lowest BCUT2D eigenvalue weighted by atomic mass is 9.83. The van der Waals surface area contributed by atoms with Gasteiger partial charge in [-0.15, -0.1) is 0 Å². The summed E-state index contributed by atoms with van der Waals surface area (Å²) in [5.41, 5.74) is 6.38. The van der Waals surface area contributed by atoms with Gasteiger partial charge in [-0.2, -0.15) is 0 Å². The first-order valence-corrected chi connectivity index (χ1v) is 8.24. The van der Waals surface area contributed by atoms with Gasteiger partial charge < -0.3 is 5.73 Å². The van der Waals surface area contributed by atoms with Crippen LogP contribution >= 0.6 is 0 Å². The minimum absolute atomic E-state index is 0.0686. The van der Waals surface area contributed by atoms with Crippen LogP contribution in [0.5, 0.6) is 0 Å². The van der Waals surface area contributed by atoms with Gasteiger partial charge >= 0.3 is 0 Å². The summed E-state index contributed by atoms with van der Waals surface area (Å²) in [6.07, 6.45) is 1.83. The Bertz CT molecular complexity index is 750. The fourth-order valence-corrected chi connectivity index (χ4v) is 4.28. The van der Waals surface area contributed by atoms with E-state index < -0.39 is 10.0 Å². The minimum atomic E-state index is -3.47. The van der Waals surface area contributed by atoms with E-state index in [1.54, 1.807) is 30.3 Å². The van der Waals surface area contributed by atoms with Crippen LogP contribution in [0.2, 0.25) is 0 Å². The predicted octanol–water partition coefficient (Wildman–Crippen LogP) is 2.50. The van der Waals surface area contributed by atoms with E-state index in [2.05, 4.69) is 11.6 Å². The van der Waals surface area contributed by atoms with E-state index in [1.165, 1.54) is 0 Å². The molecule has 3 N–H and O–H groups in total. The van der Waals surface area contributed by atoms with Crippen LogP contribution in [0.3, 0.4) is 0 Å². The molecular weight excluding hydrogens is 272 g/mol. The average molecular weight is 290 g/mol. The molecule has 0 atom stereocenters. The Labute approximate surface area is 119 Å². The van der Waals surface area contributed by atoms with E-state index in [1.807, 2.05) is 6.07 Å². The van der Waals surface area contributed by atoms with Crippen molar-refractivity contribution in [3.05, 3.63) is 36.4 Å². The molecule has 20 heavy (non-hydrogen) atoms. The Hall–Kier alpha value is -1.59. The van der Waals surface area contributed by atoms with E-state index in [0.29, 0.717) is 21.9 Å². The number of sulfonamides is 1. The first-order chi connectivity index (χ1) is 9.45. The maximum Gasteiger partial charge on any atom is 0.241 e. The second-order valence-electron chi connectivity index (χ2n) is 5.63. The van der Waals surface area contributed by atoms with E-state index in [4.69, 9.17) is 5.73 Å². The van der Waals surface area contributed by atoms with Crippen molar-refractivity contribution < 1.29 is 8.42 Å². The number of nitrogen functional groups attached to an aromatic ring is 1. The number of anilines is 1. The Morgan fingerprint density at radius 1 is 1.20 bits per heavy atom. The van der Waals surface area contributed by atoms with E-state index in [9.17, 15) is 8.42 Å². The Morgan fingerprint density at radius 3 is 2.65 bits per heavy atom. The highest BCUT2D eigenvalue weighted by Gasteiger charge is 2.30. The quantitative estimate of drug-likeness (QED) is 0.853. The summed E-state index contributed by atoms with van der Waals surface area (Å²) in [7, 11) is -3.47. The summed E-state index contributed by atoms with van der Waals surface area (Å²) in [5.74, 6) is 0.606. The van der Waals surface area contributed by atoms with Crippen molar-refractivity contribution in [2.75, 3.05) is 5.73 Å². The van der Waals surface area contributed by atoms with Gasteiger partial charge in [0.05, 0.1) is 4.90 Å². The van der Waals surface area contributed by atoms with Crippen LogP contribution in [0, 0.1) is 5.92 Å². The largest absolute Gasteiger partial charge is 0.399 e. The molecule has 0 heterocycles. The standard InChI is InChI=1S/C15H18N2O2S/c1-10-7-13(8-10)17-20(18,19)15-4-2-3-11-9-12(16)5-6-14(11)15/h2-6,9-10,13,17H,7-8,16H2,1H3. The van der Waals surface area contributed by atoms with Crippen molar-refractivity contribution in [2.24, 2.45) is 5.92 Å². The Morgan fingerprint density at radius 2 is 1.95 bits per heavy atom. The molecular formula is C15H18N2O2S. The molecule has 1 fully saturated rings. The van der Waals surface area contributed by atoms with Crippen LogP contribution in [0.25, 0.3) is 10.8 Å². The normalized spacial score (nSPS) is 22.6. The highest BCUT2D eigenvalue weighted by atomic mass is 32.2. The van der Waals surface area contributed by atoms with Crippen LogP contribution in [0.4, 0.5) is 5.69 Å². The molecule has 2 aromatic carbocycles. The molecule has 0 bridgehead atoms. The minimum Gasteiger partial charge on any atom is -0.399 e. The van der Waals surface area contributed by atoms with E-state index in [-0.39, 0.29) is 6.04 Å². The lowest BCUT2D eigenvalue weighted by Crippen LogP contribution is -2.43. The van der Waals surface area contributed by atoms with Gasteiger partial charge in [0.15, 0.2) is 0 Å².